The molecule has 0 N–H and O–H groups in total. The van der Waals surface area contributed by atoms with E-state index in [-0.39, 0.29) is 36.9 Å². The molecule has 1 aliphatic heterocycles. The molecule has 7 heteroatoms. The summed E-state index contributed by atoms with van der Waals surface area (Å²) in [5, 5.41) is 0. The van der Waals surface area contributed by atoms with Crippen LogP contribution >= 0.6 is 7.60 Å². The second kappa shape index (κ2) is 10.2. The van der Waals surface area contributed by atoms with Gasteiger partial charge in [0.05, 0.1) is 37.1 Å². The van der Waals surface area contributed by atoms with Gasteiger partial charge in [0.15, 0.2) is 0 Å². The van der Waals surface area contributed by atoms with E-state index in [1.807, 2.05) is 6.07 Å². The molecule has 0 bridgehead atoms. The summed E-state index contributed by atoms with van der Waals surface area (Å²) in [7, 11) is -3.17. The van der Waals surface area contributed by atoms with Crippen molar-refractivity contribution < 1.29 is 27.9 Å². The van der Waals surface area contributed by atoms with Crippen molar-refractivity contribution in [3.63, 3.8) is 0 Å². The van der Waals surface area contributed by atoms with Gasteiger partial charge in [-0.3, -0.25) is 4.57 Å². The number of hydrogen-bond acceptors (Lipinski definition) is 6. The minimum absolute atomic E-state index is 0.185. The predicted octanol–water partition coefficient (Wildman–Crippen LogP) is 4.29. The molecule has 0 saturated carbocycles. The third kappa shape index (κ3) is 6.20. The first-order valence-electron chi connectivity index (χ1n) is 9.23. The fourth-order valence-corrected chi connectivity index (χ4v) is 4.97. The third-order valence-corrected chi connectivity index (χ3v) is 6.52. The number of carbonyl (C=O) groups is 1. The number of ether oxygens (including phenoxy) is 2. The maximum absolute atomic E-state index is 12.8. The first-order valence-corrected chi connectivity index (χ1v) is 11.0. The highest BCUT2D eigenvalue weighted by atomic mass is 31.2. The Morgan fingerprint density at radius 1 is 1.15 bits per heavy atom. The molecule has 0 aliphatic carbocycles. The van der Waals surface area contributed by atoms with Crippen molar-refractivity contribution in [2.75, 3.05) is 26.0 Å². The zero-order chi connectivity index (χ0) is 19.0. The molecule has 146 valence electrons. The highest BCUT2D eigenvalue weighted by molar-refractivity contribution is 7.53. The van der Waals surface area contributed by atoms with Crippen molar-refractivity contribution in [1.29, 1.82) is 0 Å². The lowest BCUT2D eigenvalue weighted by Gasteiger charge is -2.35. The van der Waals surface area contributed by atoms with Gasteiger partial charge in [0.1, 0.15) is 6.61 Å². The Morgan fingerprint density at radius 3 is 2.42 bits per heavy atom. The Bertz CT molecular complexity index is 595. The number of benzene rings is 1. The lowest BCUT2D eigenvalue weighted by Crippen LogP contribution is -2.39. The van der Waals surface area contributed by atoms with Crippen molar-refractivity contribution in [2.45, 2.75) is 45.8 Å². The van der Waals surface area contributed by atoms with Crippen LogP contribution in [0.5, 0.6) is 0 Å². The maximum Gasteiger partial charge on any atom is 0.338 e. The van der Waals surface area contributed by atoms with Crippen molar-refractivity contribution in [3.05, 3.63) is 35.9 Å². The van der Waals surface area contributed by atoms with Crippen molar-refractivity contribution in [1.82, 2.24) is 0 Å². The maximum atomic E-state index is 12.8. The Morgan fingerprint density at radius 2 is 1.81 bits per heavy atom. The molecule has 1 aliphatic rings. The first-order chi connectivity index (χ1) is 12.5. The van der Waals surface area contributed by atoms with Crippen LogP contribution in [-0.4, -0.2) is 44.2 Å². The molecule has 0 spiro atoms. The van der Waals surface area contributed by atoms with Crippen LogP contribution in [0.3, 0.4) is 0 Å². The topological polar surface area (TPSA) is 71.1 Å². The summed E-state index contributed by atoms with van der Waals surface area (Å²) >= 11 is 0. The second-order valence-corrected chi connectivity index (χ2v) is 8.55. The van der Waals surface area contributed by atoms with E-state index < -0.39 is 7.60 Å². The molecule has 6 nitrogen and oxygen atoms in total. The number of rotatable bonds is 9. The van der Waals surface area contributed by atoms with E-state index in [1.165, 1.54) is 0 Å². The fourth-order valence-electron chi connectivity index (χ4n) is 3.01. The number of carbonyl (C=O) groups excluding carboxylic acids is 1. The molecular weight excluding hydrogens is 355 g/mol. The summed E-state index contributed by atoms with van der Waals surface area (Å²) in [5.41, 5.74) is 0.519. The van der Waals surface area contributed by atoms with Gasteiger partial charge in [0.25, 0.3) is 0 Å². The molecule has 0 amide bonds. The van der Waals surface area contributed by atoms with E-state index >= 15 is 0 Å². The first kappa shape index (κ1) is 21.1. The molecule has 1 saturated heterocycles. The van der Waals surface area contributed by atoms with E-state index in [2.05, 4.69) is 6.92 Å². The minimum Gasteiger partial charge on any atom is -0.459 e. The molecule has 0 aromatic heterocycles. The van der Waals surface area contributed by atoms with E-state index in [0.29, 0.717) is 18.8 Å². The smallest absolute Gasteiger partial charge is 0.338 e. The number of hydrogen-bond donors (Lipinski definition) is 0. The SMILES string of the molecule is CCOP(=O)(C[C@H]1O[C@@H](COC(=O)c2ccccc2)CC[C@@H]1C)OCC. The highest BCUT2D eigenvalue weighted by Crippen LogP contribution is 2.50. The molecule has 1 aromatic rings. The second-order valence-electron chi connectivity index (χ2n) is 6.44. The summed E-state index contributed by atoms with van der Waals surface area (Å²) in [6.45, 7) is 6.50. The Labute approximate surface area is 155 Å². The molecule has 1 fully saturated rings. The van der Waals surface area contributed by atoms with E-state index in [0.717, 1.165) is 12.8 Å². The van der Waals surface area contributed by atoms with Crippen LogP contribution in [0.2, 0.25) is 0 Å². The largest absolute Gasteiger partial charge is 0.459 e. The summed E-state index contributed by atoms with van der Waals surface area (Å²) < 4.78 is 35.0. The zero-order valence-corrected chi connectivity index (χ0v) is 16.7. The van der Waals surface area contributed by atoms with Gasteiger partial charge in [-0.15, -0.1) is 0 Å². The van der Waals surface area contributed by atoms with Crippen LogP contribution in [0.4, 0.5) is 0 Å². The van der Waals surface area contributed by atoms with Crippen molar-refractivity contribution in [2.24, 2.45) is 5.92 Å². The molecule has 0 radical (unpaired) electrons. The van der Waals surface area contributed by atoms with Crippen LogP contribution in [-0.2, 0) is 23.1 Å². The molecule has 2 rings (SSSR count). The summed E-state index contributed by atoms with van der Waals surface area (Å²) in [6, 6.07) is 8.88. The minimum atomic E-state index is -3.17. The average molecular weight is 384 g/mol. The molecule has 0 unspecified atom stereocenters. The monoisotopic (exact) mass is 384 g/mol. The third-order valence-electron chi connectivity index (χ3n) is 4.41. The van der Waals surface area contributed by atoms with Crippen molar-refractivity contribution >= 4 is 13.6 Å². The Balaban J connectivity index is 1.90. The quantitative estimate of drug-likeness (QED) is 0.467. The molecule has 1 aromatic carbocycles. The van der Waals surface area contributed by atoms with Gasteiger partial charge in [-0.05, 0) is 44.7 Å². The Kier molecular flexibility index (Phi) is 8.29. The van der Waals surface area contributed by atoms with Crippen molar-refractivity contribution in [3.8, 4) is 0 Å². The van der Waals surface area contributed by atoms with Gasteiger partial charge < -0.3 is 18.5 Å². The van der Waals surface area contributed by atoms with Crippen LogP contribution in [0, 0.1) is 5.92 Å². The van der Waals surface area contributed by atoms with E-state index in [9.17, 15) is 9.36 Å². The van der Waals surface area contributed by atoms with Gasteiger partial charge in [-0.25, -0.2) is 4.79 Å². The standard InChI is InChI=1S/C19H29O6P/c1-4-23-26(21,24-5-2)14-18-15(3)11-12-17(25-18)13-22-19(20)16-9-7-6-8-10-16/h6-10,15,17-18H,4-5,11-14H2,1-3H3/t15-,17+,18+/m0/s1. The lowest BCUT2D eigenvalue weighted by molar-refractivity contribution is -0.0917. The van der Waals surface area contributed by atoms with E-state index in [4.69, 9.17) is 18.5 Å². The highest BCUT2D eigenvalue weighted by Gasteiger charge is 2.36. The van der Waals surface area contributed by atoms with Gasteiger partial charge in [0, 0.05) is 0 Å². The summed E-state index contributed by atoms with van der Waals surface area (Å²) in [5.74, 6) is -0.121. The molecule has 26 heavy (non-hydrogen) atoms. The van der Waals surface area contributed by atoms with Crippen LogP contribution in [0.15, 0.2) is 30.3 Å². The number of esters is 1. The average Bonchev–Trinajstić information content (AvgIpc) is 2.63. The summed E-state index contributed by atoms with van der Waals surface area (Å²) in [4.78, 5) is 12.1. The van der Waals surface area contributed by atoms with Gasteiger partial charge >= 0.3 is 13.6 Å². The molecule has 1 heterocycles. The Hall–Kier alpha value is -1.20. The fraction of sp³-hybridized carbons (Fsp3) is 0.632. The summed E-state index contributed by atoms with van der Waals surface area (Å²) in [6.07, 6.45) is 1.48. The normalized spacial score (nSPS) is 23.6. The lowest BCUT2D eigenvalue weighted by atomic mass is 9.94. The van der Waals surface area contributed by atoms with Gasteiger partial charge in [-0.2, -0.15) is 0 Å². The van der Waals surface area contributed by atoms with E-state index in [1.54, 1.807) is 38.1 Å². The van der Waals surface area contributed by atoms with Crippen LogP contribution in [0.1, 0.15) is 44.0 Å². The zero-order valence-electron chi connectivity index (χ0n) is 15.8. The molecule has 3 atom stereocenters. The predicted molar refractivity (Wildman–Crippen MR) is 99.5 cm³/mol. The van der Waals surface area contributed by atoms with Gasteiger partial charge in [-0.1, -0.05) is 25.1 Å². The van der Waals surface area contributed by atoms with Crippen LogP contribution in [0.25, 0.3) is 0 Å². The molecular formula is C19H29O6P. The van der Waals surface area contributed by atoms with Gasteiger partial charge in [0.2, 0.25) is 0 Å². The van der Waals surface area contributed by atoms with Crippen LogP contribution < -0.4 is 0 Å².